The van der Waals surface area contributed by atoms with Crippen LogP contribution >= 0.6 is 0 Å². The second-order valence-corrected chi connectivity index (χ2v) is 7.13. The van der Waals surface area contributed by atoms with Gasteiger partial charge >= 0.3 is 6.09 Å². The minimum atomic E-state index is -0.472. The molecule has 1 heterocycles. The molecule has 0 radical (unpaired) electrons. The second kappa shape index (κ2) is 6.60. The second-order valence-electron chi connectivity index (χ2n) is 7.13. The third kappa shape index (κ3) is 4.24. The van der Waals surface area contributed by atoms with E-state index in [1.807, 2.05) is 33.8 Å². The van der Waals surface area contributed by atoms with E-state index in [1.54, 1.807) is 11.0 Å². The van der Waals surface area contributed by atoms with Crippen molar-refractivity contribution in [3.63, 3.8) is 0 Å². The number of benzene rings is 1. The Hall–Kier alpha value is -2.04. The Morgan fingerprint density at radius 2 is 1.83 bits per heavy atom. The standard InChI is InChI=1S/C18H26N2O3/c1-12-14(6-5-7-15(12)16(19)21)13-8-10-20(11-9-13)17(22)23-18(2,3)4/h5-7,13H,8-11H2,1-4H3,(H2,19,21). The molecule has 0 atom stereocenters. The topological polar surface area (TPSA) is 72.6 Å². The molecule has 23 heavy (non-hydrogen) atoms. The first-order valence-corrected chi connectivity index (χ1v) is 8.06. The summed E-state index contributed by atoms with van der Waals surface area (Å²) in [4.78, 5) is 25.4. The van der Waals surface area contributed by atoms with Crippen molar-refractivity contribution in [2.45, 2.75) is 52.1 Å². The van der Waals surface area contributed by atoms with Crippen LogP contribution in [0.15, 0.2) is 18.2 Å². The van der Waals surface area contributed by atoms with Gasteiger partial charge in [0.25, 0.3) is 0 Å². The number of likely N-dealkylation sites (tertiary alicyclic amines) is 1. The molecular formula is C18H26N2O3. The van der Waals surface area contributed by atoms with Gasteiger partial charge < -0.3 is 15.4 Å². The molecule has 0 bridgehead atoms. The predicted octanol–water partition coefficient (Wildman–Crippen LogP) is 3.21. The van der Waals surface area contributed by atoms with Crippen LogP contribution in [-0.4, -0.2) is 35.6 Å². The molecule has 1 aromatic rings. The van der Waals surface area contributed by atoms with Gasteiger partial charge in [0.15, 0.2) is 0 Å². The van der Waals surface area contributed by atoms with E-state index in [2.05, 4.69) is 6.07 Å². The summed E-state index contributed by atoms with van der Waals surface area (Å²) < 4.78 is 5.42. The number of hydrogen-bond acceptors (Lipinski definition) is 3. The van der Waals surface area contributed by atoms with Crippen LogP contribution in [0.2, 0.25) is 0 Å². The lowest BCUT2D eigenvalue weighted by atomic mass is 9.85. The van der Waals surface area contributed by atoms with E-state index in [0.29, 0.717) is 24.6 Å². The fourth-order valence-electron chi connectivity index (χ4n) is 3.06. The lowest BCUT2D eigenvalue weighted by Gasteiger charge is -2.34. The molecule has 2 N–H and O–H groups in total. The Kier molecular flexibility index (Phi) is 4.97. The van der Waals surface area contributed by atoms with Gasteiger partial charge in [-0.05, 0) is 63.6 Å². The number of nitrogens with two attached hydrogens (primary N) is 1. The fraction of sp³-hybridized carbons (Fsp3) is 0.556. The lowest BCUT2D eigenvalue weighted by Crippen LogP contribution is -2.41. The highest BCUT2D eigenvalue weighted by atomic mass is 16.6. The quantitative estimate of drug-likeness (QED) is 0.910. The highest BCUT2D eigenvalue weighted by molar-refractivity contribution is 5.94. The molecular weight excluding hydrogens is 292 g/mol. The van der Waals surface area contributed by atoms with Gasteiger partial charge in [0.1, 0.15) is 5.60 Å². The van der Waals surface area contributed by atoms with E-state index in [9.17, 15) is 9.59 Å². The van der Waals surface area contributed by atoms with Crippen LogP contribution in [0.3, 0.4) is 0 Å². The molecule has 1 saturated heterocycles. The van der Waals surface area contributed by atoms with Crippen molar-refractivity contribution in [2.24, 2.45) is 5.73 Å². The summed E-state index contributed by atoms with van der Waals surface area (Å²) >= 11 is 0. The van der Waals surface area contributed by atoms with Crippen LogP contribution in [0.5, 0.6) is 0 Å². The van der Waals surface area contributed by atoms with Crippen LogP contribution in [-0.2, 0) is 4.74 Å². The third-order valence-corrected chi connectivity index (χ3v) is 4.23. The molecule has 0 spiro atoms. The first-order valence-electron chi connectivity index (χ1n) is 8.06. The van der Waals surface area contributed by atoms with Crippen LogP contribution in [0, 0.1) is 6.92 Å². The Balaban J connectivity index is 2.04. The third-order valence-electron chi connectivity index (χ3n) is 4.23. The smallest absolute Gasteiger partial charge is 0.410 e. The van der Waals surface area contributed by atoms with Gasteiger partial charge in [-0.2, -0.15) is 0 Å². The van der Waals surface area contributed by atoms with Gasteiger partial charge in [-0.3, -0.25) is 4.79 Å². The Bertz CT molecular complexity index is 597. The minimum Gasteiger partial charge on any atom is -0.444 e. The molecule has 1 aliphatic rings. The van der Waals surface area contributed by atoms with Crippen molar-refractivity contribution < 1.29 is 14.3 Å². The van der Waals surface area contributed by atoms with Crippen LogP contribution in [0.25, 0.3) is 0 Å². The van der Waals surface area contributed by atoms with Crippen molar-refractivity contribution in [1.82, 2.24) is 4.90 Å². The first-order chi connectivity index (χ1) is 10.7. The number of rotatable bonds is 2. The van der Waals surface area contributed by atoms with Gasteiger partial charge in [0.05, 0.1) is 0 Å². The normalized spacial score (nSPS) is 16.3. The fourth-order valence-corrected chi connectivity index (χ4v) is 3.06. The minimum absolute atomic E-state index is 0.251. The maximum atomic E-state index is 12.1. The highest BCUT2D eigenvalue weighted by Gasteiger charge is 2.28. The van der Waals surface area contributed by atoms with E-state index in [-0.39, 0.29) is 6.09 Å². The number of hydrogen-bond donors (Lipinski definition) is 1. The van der Waals surface area contributed by atoms with E-state index in [1.165, 1.54) is 0 Å². The van der Waals surface area contributed by atoms with Crippen LogP contribution < -0.4 is 5.73 Å². The number of piperidine rings is 1. The predicted molar refractivity (Wildman–Crippen MR) is 89.5 cm³/mol. The zero-order chi connectivity index (χ0) is 17.2. The summed E-state index contributed by atoms with van der Waals surface area (Å²) in [5, 5.41) is 0. The molecule has 0 aliphatic carbocycles. The number of nitrogens with zero attached hydrogens (tertiary/aromatic N) is 1. The summed E-state index contributed by atoms with van der Waals surface area (Å²) in [6, 6.07) is 5.69. The van der Waals surface area contributed by atoms with E-state index >= 15 is 0 Å². The SMILES string of the molecule is Cc1c(C(N)=O)cccc1C1CCN(C(=O)OC(C)(C)C)CC1. The van der Waals surface area contributed by atoms with Gasteiger partial charge in [-0.15, -0.1) is 0 Å². The largest absolute Gasteiger partial charge is 0.444 e. The first kappa shape index (κ1) is 17.3. The molecule has 5 heteroatoms. The molecule has 2 amide bonds. The van der Waals surface area contributed by atoms with Gasteiger partial charge in [-0.1, -0.05) is 12.1 Å². The Morgan fingerprint density at radius 1 is 1.22 bits per heavy atom. The molecule has 5 nitrogen and oxygen atoms in total. The van der Waals surface area contributed by atoms with E-state index in [0.717, 1.165) is 24.0 Å². The zero-order valence-electron chi connectivity index (χ0n) is 14.4. The molecule has 0 saturated carbocycles. The average molecular weight is 318 g/mol. The molecule has 0 aromatic heterocycles. The van der Waals surface area contributed by atoms with Crippen molar-refractivity contribution in [1.29, 1.82) is 0 Å². The van der Waals surface area contributed by atoms with Gasteiger partial charge in [-0.25, -0.2) is 4.79 Å². The maximum absolute atomic E-state index is 12.1. The molecule has 1 aliphatic heterocycles. The summed E-state index contributed by atoms with van der Waals surface area (Å²) in [6.07, 6.45) is 1.48. The molecule has 1 fully saturated rings. The lowest BCUT2D eigenvalue weighted by molar-refractivity contribution is 0.0204. The number of primary amides is 1. The summed E-state index contributed by atoms with van der Waals surface area (Å²) in [5.41, 5.74) is 7.65. The van der Waals surface area contributed by atoms with Crippen LogP contribution in [0.4, 0.5) is 4.79 Å². The monoisotopic (exact) mass is 318 g/mol. The van der Waals surface area contributed by atoms with Crippen molar-refractivity contribution in [2.75, 3.05) is 13.1 Å². The summed E-state index contributed by atoms with van der Waals surface area (Å²) in [6.45, 7) is 8.89. The number of carbonyl (C=O) groups excluding carboxylic acids is 2. The number of ether oxygens (including phenoxy) is 1. The number of carbonyl (C=O) groups is 2. The Morgan fingerprint density at radius 3 is 2.35 bits per heavy atom. The van der Waals surface area contributed by atoms with Crippen molar-refractivity contribution >= 4 is 12.0 Å². The summed E-state index contributed by atoms with van der Waals surface area (Å²) in [5.74, 6) is -0.0523. The summed E-state index contributed by atoms with van der Waals surface area (Å²) in [7, 11) is 0. The Labute approximate surface area is 137 Å². The molecule has 2 rings (SSSR count). The molecule has 1 aromatic carbocycles. The number of amides is 2. The van der Waals surface area contributed by atoms with Crippen molar-refractivity contribution in [3.8, 4) is 0 Å². The van der Waals surface area contributed by atoms with Crippen LogP contribution in [0.1, 0.15) is 61.0 Å². The molecule has 0 unspecified atom stereocenters. The molecule has 126 valence electrons. The van der Waals surface area contributed by atoms with Gasteiger partial charge in [0, 0.05) is 18.7 Å². The highest BCUT2D eigenvalue weighted by Crippen LogP contribution is 2.31. The average Bonchev–Trinajstić information content (AvgIpc) is 2.45. The zero-order valence-corrected chi connectivity index (χ0v) is 14.4. The van der Waals surface area contributed by atoms with E-state index < -0.39 is 11.5 Å². The van der Waals surface area contributed by atoms with E-state index in [4.69, 9.17) is 10.5 Å². The van der Waals surface area contributed by atoms with Gasteiger partial charge in [0.2, 0.25) is 5.91 Å². The maximum Gasteiger partial charge on any atom is 0.410 e. The van der Waals surface area contributed by atoms with Crippen molar-refractivity contribution in [3.05, 3.63) is 34.9 Å².